The molecule has 10 heteroatoms. The third kappa shape index (κ3) is 3.94. The average Bonchev–Trinajstić information content (AvgIpc) is 3.29. The Kier molecular flexibility index (Phi) is 5.51. The van der Waals surface area contributed by atoms with Crippen LogP contribution in [0.4, 0.5) is 5.69 Å². The number of fused-ring (bicyclic) bond motifs is 3. The number of hydrogen-bond donors (Lipinski definition) is 0. The Hall–Kier alpha value is -3.08. The van der Waals surface area contributed by atoms with Gasteiger partial charge in [-0.15, -0.1) is 11.3 Å². The highest BCUT2D eigenvalue weighted by molar-refractivity contribution is 7.89. The van der Waals surface area contributed by atoms with Crippen LogP contribution in [0.15, 0.2) is 59.5 Å². The maximum atomic E-state index is 13.2. The van der Waals surface area contributed by atoms with Gasteiger partial charge in [0.1, 0.15) is 0 Å². The Morgan fingerprint density at radius 1 is 0.939 bits per heavy atom. The van der Waals surface area contributed by atoms with Crippen molar-refractivity contribution in [3.8, 4) is 10.4 Å². The summed E-state index contributed by atoms with van der Waals surface area (Å²) in [6.45, 7) is 0.827. The molecule has 1 aliphatic carbocycles. The van der Waals surface area contributed by atoms with Crippen molar-refractivity contribution in [3.05, 3.63) is 80.7 Å². The van der Waals surface area contributed by atoms with E-state index in [0.29, 0.717) is 4.88 Å². The van der Waals surface area contributed by atoms with Gasteiger partial charge in [-0.05, 0) is 41.7 Å². The number of nitrogens with zero attached hydrogens (tertiary/aromatic N) is 3. The summed E-state index contributed by atoms with van der Waals surface area (Å²) in [5.74, 6) is -0.0840. The molecule has 0 unspecified atom stereocenters. The van der Waals surface area contributed by atoms with Crippen LogP contribution in [-0.2, 0) is 22.9 Å². The lowest BCUT2D eigenvalue weighted by molar-refractivity contribution is -0.385. The third-order valence-electron chi connectivity index (χ3n) is 6.14. The van der Waals surface area contributed by atoms with Crippen LogP contribution >= 0.6 is 11.3 Å². The number of amides is 1. The summed E-state index contributed by atoms with van der Waals surface area (Å²) in [7, 11) is -3.87. The highest BCUT2D eigenvalue weighted by Crippen LogP contribution is 2.40. The van der Waals surface area contributed by atoms with Gasteiger partial charge in [-0.1, -0.05) is 30.3 Å². The number of benzene rings is 2. The smallest absolute Gasteiger partial charge is 0.270 e. The first-order valence-corrected chi connectivity index (χ1v) is 12.8. The number of carbonyl (C=O) groups is 1. The van der Waals surface area contributed by atoms with Crippen molar-refractivity contribution in [1.29, 1.82) is 0 Å². The van der Waals surface area contributed by atoms with E-state index in [-0.39, 0.29) is 42.7 Å². The molecule has 2 aromatic carbocycles. The van der Waals surface area contributed by atoms with Crippen molar-refractivity contribution in [2.24, 2.45) is 0 Å². The summed E-state index contributed by atoms with van der Waals surface area (Å²) in [5.41, 5.74) is 3.41. The number of nitro benzene ring substituents is 1. The molecule has 8 nitrogen and oxygen atoms in total. The molecule has 1 amide bonds. The van der Waals surface area contributed by atoms with Gasteiger partial charge >= 0.3 is 0 Å². The van der Waals surface area contributed by atoms with E-state index in [9.17, 15) is 23.3 Å². The number of hydrogen-bond acceptors (Lipinski definition) is 6. The van der Waals surface area contributed by atoms with Crippen LogP contribution in [0, 0.1) is 10.1 Å². The Labute approximate surface area is 195 Å². The normalized spacial score (nSPS) is 16.2. The number of carbonyl (C=O) groups excluding carboxylic acids is 1. The van der Waals surface area contributed by atoms with Crippen molar-refractivity contribution >= 4 is 33.0 Å². The molecule has 1 saturated heterocycles. The Morgan fingerprint density at radius 2 is 1.67 bits per heavy atom. The van der Waals surface area contributed by atoms with E-state index in [2.05, 4.69) is 12.1 Å². The van der Waals surface area contributed by atoms with Gasteiger partial charge < -0.3 is 4.90 Å². The monoisotopic (exact) mass is 483 g/mol. The van der Waals surface area contributed by atoms with Gasteiger partial charge in [0.25, 0.3) is 11.6 Å². The summed E-state index contributed by atoms with van der Waals surface area (Å²) >= 11 is 1.50. The molecule has 170 valence electrons. The fourth-order valence-electron chi connectivity index (χ4n) is 4.37. The van der Waals surface area contributed by atoms with Gasteiger partial charge in [-0.25, -0.2) is 8.42 Å². The molecule has 1 aliphatic heterocycles. The Balaban J connectivity index is 1.30. The lowest BCUT2D eigenvalue weighted by Gasteiger charge is -2.33. The summed E-state index contributed by atoms with van der Waals surface area (Å²) < 4.78 is 27.2. The van der Waals surface area contributed by atoms with Crippen LogP contribution in [0.1, 0.15) is 20.8 Å². The van der Waals surface area contributed by atoms with Crippen LogP contribution in [-0.4, -0.2) is 54.6 Å². The first-order chi connectivity index (χ1) is 15.8. The lowest BCUT2D eigenvalue weighted by atomic mass is 9.91. The Morgan fingerprint density at radius 3 is 2.42 bits per heavy atom. The molecule has 2 aliphatic rings. The minimum atomic E-state index is -3.87. The van der Waals surface area contributed by atoms with E-state index in [1.54, 1.807) is 4.90 Å². The van der Waals surface area contributed by atoms with Crippen LogP contribution < -0.4 is 0 Å². The number of sulfonamides is 1. The van der Waals surface area contributed by atoms with E-state index in [0.717, 1.165) is 23.8 Å². The van der Waals surface area contributed by atoms with Crippen LogP contribution in [0.3, 0.4) is 0 Å². The second-order valence-corrected chi connectivity index (χ2v) is 11.1. The van der Waals surface area contributed by atoms with Crippen molar-refractivity contribution in [2.45, 2.75) is 17.7 Å². The third-order valence-corrected chi connectivity index (χ3v) is 9.23. The van der Waals surface area contributed by atoms with E-state index in [4.69, 9.17) is 0 Å². The SMILES string of the molecule is O=C(c1cc2c(s1)-c1ccccc1CC2)N1CCN(S(=O)(=O)c2cccc([N+](=O)[O-])c2)CC1. The molecule has 33 heavy (non-hydrogen) atoms. The summed E-state index contributed by atoms with van der Waals surface area (Å²) in [6, 6.07) is 15.3. The number of rotatable bonds is 4. The Bertz CT molecular complexity index is 1360. The van der Waals surface area contributed by atoms with Gasteiger partial charge in [0, 0.05) is 43.2 Å². The average molecular weight is 484 g/mol. The predicted molar refractivity (Wildman–Crippen MR) is 125 cm³/mol. The van der Waals surface area contributed by atoms with E-state index >= 15 is 0 Å². The number of non-ortho nitro benzene ring substituents is 1. The first-order valence-electron chi connectivity index (χ1n) is 10.6. The maximum Gasteiger partial charge on any atom is 0.270 e. The van der Waals surface area contributed by atoms with Crippen LogP contribution in [0.25, 0.3) is 10.4 Å². The predicted octanol–water partition coefficient (Wildman–Crippen LogP) is 3.57. The molecular formula is C23H21N3O5S2. The molecule has 3 aromatic rings. The van der Waals surface area contributed by atoms with E-state index < -0.39 is 14.9 Å². The highest BCUT2D eigenvalue weighted by atomic mass is 32.2. The molecule has 0 atom stereocenters. The number of aryl methyl sites for hydroxylation is 2. The van der Waals surface area contributed by atoms with Crippen molar-refractivity contribution < 1.29 is 18.1 Å². The molecule has 0 bridgehead atoms. The molecule has 1 aromatic heterocycles. The van der Waals surface area contributed by atoms with Crippen LogP contribution in [0.2, 0.25) is 0 Å². The summed E-state index contributed by atoms with van der Waals surface area (Å²) in [6.07, 6.45) is 1.87. The van der Waals surface area contributed by atoms with Crippen molar-refractivity contribution in [1.82, 2.24) is 9.21 Å². The van der Waals surface area contributed by atoms with Gasteiger partial charge in [-0.3, -0.25) is 14.9 Å². The van der Waals surface area contributed by atoms with Crippen molar-refractivity contribution in [3.63, 3.8) is 0 Å². The van der Waals surface area contributed by atoms with Gasteiger partial charge in [-0.2, -0.15) is 4.31 Å². The van der Waals surface area contributed by atoms with Crippen molar-refractivity contribution in [2.75, 3.05) is 26.2 Å². The molecule has 0 spiro atoms. The summed E-state index contributed by atoms with van der Waals surface area (Å²) in [4.78, 5) is 26.9. The standard InChI is InChI=1S/C23H21N3O5S2/c27-23(21-14-17-9-8-16-4-1-2-7-20(16)22(17)32-21)24-10-12-25(13-11-24)33(30,31)19-6-3-5-18(15-19)26(28)29/h1-7,14-15H,8-13H2. The molecule has 1 fully saturated rings. The van der Waals surface area contributed by atoms with E-state index in [1.165, 1.54) is 50.5 Å². The van der Waals surface area contributed by atoms with Crippen LogP contribution in [0.5, 0.6) is 0 Å². The molecule has 0 N–H and O–H groups in total. The minimum absolute atomic E-state index is 0.0840. The molecule has 2 heterocycles. The molecule has 5 rings (SSSR count). The lowest BCUT2D eigenvalue weighted by Crippen LogP contribution is -2.50. The second kappa shape index (κ2) is 8.36. The zero-order valence-electron chi connectivity index (χ0n) is 17.6. The maximum absolute atomic E-state index is 13.2. The topological polar surface area (TPSA) is 101 Å². The van der Waals surface area contributed by atoms with Gasteiger partial charge in [0.05, 0.1) is 14.7 Å². The largest absolute Gasteiger partial charge is 0.335 e. The zero-order chi connectivity index (χ0) is 23.2. The number of piperazine rings is 1. The number of thiophene rings is 1. The molecular weight excluding hydrogens is 462 g/mol. The fourth-order valence-corrected chi connectivity index (χ4v) is 7.07. The first kappa shape index (κ1) is 21.7. The molecule has 0 saturated carbocycles. The fraction of sp³-hybridized carbons (Fsp3) is 0.261. The van der Waals surface area contributed by atoms with E-state index in [1.807, 2.05) is 18.2 Å². The summed E-state index contributed by atoms with van der Waals surface area (Å²) in [5, 5.41) is 11.0. The zero-order valence-corrected chi connectivity index (χ0v) is 19.3. The quantitative estimate of drug-likeness (QED) is 0.417. The number of nitro groups is 1. The second-order valence-electron chi connectivity index (χ2n) is 8.07. The highest BCUT2D eigenvalue weighted by Gasteiger charge is 2.32. The molecule has 0 radical (unpaired) electrons. The van der Waals surface area contributed by atoms with Gasteiger partial charge in [0.15, 0.2) is 0 Å². The van der Waals surface area contributed by atoms with Gasteiger partial charge in [0.2, 0.25) is 10.0 Å². The minimum Gasteiger partial charge on any atom is -0.335 e.